The van der Waals surface area contributed by atoms with Gasteiger partial charge in [-0.25, -0.2) is 15.4 Å². The zero-order valence-electron chi connectivity index (χ0n) is 11.7. The van der Waals surface area contributed by atoms with Crippen LogP contribution in [0.15, 0.2) is 5.38 Å². The molecule has 2 rings (SSSR count). The molecule has 106 valence electrons. The Balaban J connectivity index is 1.87. The number of nitrogens with zero attached hydrogens (tertiary/aromatic N) is 3. The fraction of sp³-hybridized carbons (Fsp3) is 0.692. The lowest BCUT2D eigenvalue weighted by Crippen LogP contribution is -2.41. The van der Waals surface area contributed by atoms with Crippen molar-refractivity contribution in [1.29, 1.82) is 0 Å². The zero-order valence-corrected chi connectivity index (χ0v) is 12.5. The van der Waals surface area contributed by atoms with Crippen molar-refractivity contribution in [2.45, 2.75) is 39.7 Å². The SMILES string of the molecule is CCN(C(C)=O)c1nc(CNN2CCCCC2)cs1. The van der Waals surface area contributed by atoms with Gasteiger partial charge in [-0.2, -0.15) is 0 Å². The van der Waals surface area contributed by atoms with Crippen LogP contribution in [-0.4, -0.2) is 35.5 Å². The van der Waals surface area contributed by atoms with Crippen LogP contribution in [0.1, 0.15) is 38.8 Å². The van der Waals surface area contributed by atoms with E-state index in [2.05, 4.69) is 15.4 Å². The van der Waals surface area contributed by atoms with Crippen molar-refractivity contribution in [3.8, 4) is 0 Å². The van der Waals surface area contributed by atoms with Gasteiger partial charge in [-0.3, -0.25) is 9.69 Å². The molecule has 1 aliphatic heterocycles. The minimum Gasteiger partial charge on any atom is -0.289 e. The molecule has 1 aromatic heterocycles. The number of aromatic nitrogens is 1. The number of hydrazine groups is 1. The van der Waals surface area contributed by atoms with Crippen LogP contribution in [0.5, 0.6) is 0 Å². The Bertz CT molecular complexity index is 415. The normalized spacial score (nSPS) is 16.5. The number of rotatable bonds is 5. The van der Waals surface area contributed by atoms with E-state index in [1.165, 1.54) is 30.6 Å². The van der Waals surface area contributed by atoms with Crippen molar-refractivity contribution in [3.63, 3.8) is 0 Å². The maximum atomic E-state index is 11.5. The summed E-state index contributed by atoms with van der Waals surface area (Å²) in [5.74, 6) is 0.0485. The van der Waals surface area contributed by atoms with Gasteiger partial charge < -0.3 is 0 Å². The third-order valence-corrected chi connectivity index (χ3v) is 4.22. The van der Waals surface area contributed by atoms with E-state index >= 15 is 0 Å². The molecule has 1 N–H and O–H groups in total. The molecule has 1 amide bonds. The van der Waals surface area contributed by atoms with Crippen molar-refractivity contribution in [3.05, 3.63) is 11.1 Å². The minimum absolute atomic E-state index is 0.0485. The van der Waals surface area contributed by atoms with Gasteiger partial charge in [0.05, 0.1) is 12.2 Å². The third kappa shape index (κ3) is 3.99. The van der Waals surface area contributed by atoms with E-state index in [4.69, 9.17) is 0 Å². The summed E-state index contributed by atoms with van der Waals surface area (Å²) >= 11 is 1.53. The second-order valence-corrected chi connectivity index (χ2v) is 5.60. The molecule has 2 heterocycles. The highest BCUT2D eigenvalue weighted by atomic mass is 32.1. The first-order valence-electron chi connectivity index (χ1n) is 6.91. The number of carbonyl (C=O) groups excluding carboxylic acids is 1. The maximum absolute atomic E-state index is 11.5. The third-order valence-electron chi connectivity index (χ3n) is 3.31. The number of anilines is 1. The fourth-order valence-electron chi connectivity index (χ4n) is 2.24. The molecule has 0 aromatic carbocycles. The van der Waals surface area contributed by atoms with E-state index in [9.17, 15) is 4.79 Å². The molecule has 0 atom stereocenters. The van der Waals surface area contributed by atoms with Crippen LogP contribution in [0, 0.1) is 0 Å². The number of carbonyl (C=O) groups is 1. The number of thiazole rings is 1. The summed E-state index contributed by atoms with van der Waals surface area (Å²) in [5.41, 5.74) is 4.42. The second-order valence-electron chi connectivity index (χ2n) is 4.77. The number of hydrogen-bond donors (Lipinski definition) is 1. The number of piperidine rings is 1. The standard InChI is InChI=1S/C13H22N4OS/c1-3-17(11(2)18)13-15-12(10-19-13)9-14-16-7-5-4-6-8-16/h10,14H,3-9H2,1-2H3. The molecule has 1 aliphatic rings. The quantitative estimate of drug-likeness (QED) is 0.897. The van der Waals surface area contributed by atoms with E-state index in [0.29, 0.717) is 6.54 Å². The van der Waals surface area contributed by atoms with Crippen molar-refractivity contribution in [2.24, 2.45) is 0 Å². The van der Waals surface area contributed by atoms with Crippen molar-refractivity contribution in [2.75, 3.05) is 24.5 Å². The Hall–Kier alpha value is -0.980. The summed E-state index contributed by atoms with van der Waals surface area (Å²) in [4.78, 5) is 17.7. The van der Waals surface area contributed by atoms with Gasteiger partial charge in [-0.05, 0) is 19.8 Å². The minimum atomic E-state index is 0.0485. The maximum Gasteiger partial charge on any atom is 0.225 e. The second kappa shape index (κ2) is 6.98. The van der Waals surface area contributed by atoms with Crippen LogP contribution >= 0.6 is 11.3 Å². The van der Waals surface area contributed by atoms with E-state index in [1.54, 1.807) is 11.8 Å². The summed E-state index contributed by atoms with van der Waals surface area (Å²) in [6.07, 6.45) is 3.87. The van der Waals surface area contributed by atoms with Crippen LogP contribution < -0.4 is 10.3 Å². The van der Waals surface area contributed by atoms with Gasteiger partial charge in [0.2, 0.25) is 5.91 Å². The predicted molar refractivity (Wildman–Crippen MR) is 78.1 cm³/mol. The van der Waals surface area contributed by atoms with E-state index in [0.717, 1.165) is 30.5 Å². The van der Waals surface area contributed by atoms with Gasteiger partial charge in [-0.15, -0.1) is 11.3 Å². The Morgan fingerprint density at radius 3 is 2.84 bits per heavy atom. The van der Waals surface area contributed by atoms with E-state index in [1.807, 2.05) is 12.3 Å². The average Bonchev–Trinajstić information content (AvgIpc) is 2.87. The Morgan fingerprint density at radius 1 is 1.47 bits per heavy atom. The van der Waals surface area contributed by atoms with E-state index in [-0.39, 0.29) is 5.91 Å². The van der Waals surface area contributed by atoms with E-state index < -0.39 is 0 Å². The van der Waals surface area contributed by atoms with Crippen LogP contribution in [-0.2, 0) is 11.3 Å². The molecule has 6 heteroatoms. The molecule has 0 bridgehead atoms. The van der Waals surface area contributed by atoms with Crippen LogP contribution in [0.25, 0.3) is 0 Å². The summed E-state index contributed by atoms with van der Waals surface area (Å²) < 4.78 is 0. The fourth-order valence-corrected chi connectivity index (χ4v) is 3.17. The summed E-state index contributed by atoms with van der Waals surface area (Å²) in [6.45, 7) is 7.19. The molecule has 1 fully saturated rings. The molecule has 1 aromatic rings. The Kier molecular flexibility index (Phi) is 5.30. The molecule has 0 saturated carbocycles. The number of nitrogens with one attached hydrogen (secondary N) is 1. The summed E-state index contributed by atoms with van der Waals surface area (Å²) in [6, 6.07) is 0. The predicted octanol–water partition coefficient (Wildman–Crippen LogP) is 2.01. The monoisotopic (exact) mass is 282 g/mol. The summed E-state index contributed by atoms with van der Waals surface area (Å²) in [7, 11) is 0. The van der Waals surface area contributed by atoms with Gasteiger partial charge in [-0.1, -0.05) is 6.42 Å². The Morgan fingerprint density at radius 2 is 2.21 bits per heavy atom. The molecule has 0 unspecified atom stereocenters. The van der Waals surface area contributed by atoms with Crippen LogP contribution in [0.3, 0.4) is 0 Å². The lowest BCUT2D eigenvalue weighted by atomic mass is 10.2. The average molecular weight is 282 g/mol. The number of amides is 1. The molecule has 0 spiro atoms. The van der Waals surface area contributed by atoms with Gasteiger partial charge in [0.1, 0.15) is 0 Å². The first-order chi connectivity index (χ1) is 9.20. The summed E-state index contributed by atoms with van der Waals surface area (Å²) in [5, 5.41) is 5.09. The lowest BCUT2D eigenvalue weighted by molar-refractivity contribution is -0.116. The van der Waals surface area contributed by atoms with Crippen LogP contribution in [0.4, 0.5) is 5.13 Å². The first-order valence-corrected chi connectivity index (χ1v) is 7.79. The number of hydrogen-bond acceptors (Lipinski definition) is 5. The topological polar surface area (TPSA) is 48.5 Å². The molecular formula is C13H22N4OS. The molecule has 19 heavy (non-hydrogen) atoms. The van der Waals surface area contributed by atoms with Crippen LogP contribution in [0.2, 0.25) is 0 Å². The molecule has 0 aliphatic carbocycles. The van der Waals surface area contributed by atoms with Gasteiger partial charge >= 0.3 is 0 Å². The molecular weight excluding hydrogens is 260 g/mol. The lowest BCUT2D eigenvalue weighted by Gasteiger charge is -2.26. The van der Waals surface area contributed by atoms with Gasteiger partial charge in [0.25, 0.3) is 0 Å². The van der Waals surface area contributed by atoms with Gasteiger partial charge in [0.15, 0.2) is 5.13 Å². The van der Waals surface area contributed by atoms with Crippen molar-refractivity contribution in [1.82, 2.24) is 15.4 Å². The highest BCUT2D eigenvalue weighted by molar-refractivity contribution is 7.14. The van der Waals surface area contributed by atoms with Gasteiger partial charge in [0, 0.05) is 31.9 Å². The first kappa shape index (κ1) is 14.4. The van der Waals surface area contributed by atoms with Crippen molar-refractivity contribution < 1.29 is 4.79 Å². The largest absolute Gasteiger partial charge is 0.289 e. The molecule has 0 radical (unpaired) electrons. The Labute approximate surface area is 118 Å². The van der Waals surface area contributed by atoms with Crippen molar-refractivity contribution >= 4 is 22.4 Å². The molecule has 1 saturated heterocycles. The highest BCUT2D eigenvalue weighted by Crippen LogP contribution is 2.20. The highest BCUT2D eigenvalue weighted by Gasteiger charge is 2.14. The molecule has 5 nitrogen and oxygen atoms in total. The smallest absolute Gasteiger partial charge is 0.225 e. The zero-order chi connectivity index (χ0) is 13.7.